The first kappa shape index (κ1) is 17.3. The second-order valence-electron chi connectivity index (χ2n) is 6.56. The molecule has 3 aromatic rings. The van der Waals surface area contributed by atoms with Crippen molar-refractivity contribution in [3.63, 3.8) is 0 Å². The Balaban J connectivity index is 1.54. The molecule has 6 nitrogen and oxygen atoms in total. The van der Waals surface area contributed by atoms with Crippen molar-refractivity contribution in [3.05, 3.63) is 59.2 Å². The molecule has 0 atom stereocenters. The van der Waals surface area contributed by atoms with E-state index in [1.807, 2.05) is 13.0 Å². The second-order valence-corrected chi connectivity index (χ2v) is 6.56. The number of anilines is 1. The number of aromatic nitrogens is 2. The number of rotatable bonds is 5. The van der Waals surface area contributed by atoms with Gasteiger partial charge in [-0.2, -0.15) is 0 Å². The van der Waals surface area contributed by atoms with Crippen molar-refractivity contribution in [2.75, 3.05) is 11.9 Å². The number of carbonyl (C=O) groups is 1. The molecule has 0 saturated carbocycles. The van der Waals surface area contributed by atoms with Gasteiger partial charge >= 0.3 is 0 Å². The molecule has 1 aromatic heterocycles. The first-order chi connectivity index (χ1) is 13.2. The van der Waals surface area contributed by atoms with Crippen LogP contribution in [-0.4, -0.2) is 22.8 Å². The van der Waals surface area contributed by atoms with E-state index in [0.29, 0.717) is 23.7 Å². The normalized spacial score (nSPS) is 13.1. The van der Waals surface area contributed by atoms with Crippen molar-refractivity contribution >= 4 is 11.7 Å². The Bertz CT molecular complexity index is 948. The van der Waals surface area contributed by atoms with Gasteiger partial charge in [-0.15, -0.1) is 0 Å². The van der Waals surface area contributed by atoms with Gasteiger partial charge in [-0.05, 0) is 84.4 Å². The summed E-state index contributed by atoms with van der Waals surface area (Å²) < 4.78 is 10.3. The molecule has 27 heavy (non-hydrogen) atoms. The lowest BCUT2D eigenvalue weighted by Gasteiger charge is -2.16. The van der Waals surface area contributed by atoms with Crippen LogP contribution in [0.1, 0.15) is 41.3 Å². The SMILES string of the molecule is CCOc1ccc(C(=O)Nc2nonc2-c2ccc3c(c2)CCCC3)cc1. The highest BCUT2D eigenvalue weighted by atomic mass is 16.6. The van der Waals surface area contributed by atoms with E-state index in [-0.39, 0.29) is 5.91 Å². The number of amides is 1. The summed E-state index contributed by atoms with van der Waals surface area (Å²) in [4.78, 5) is 12.5. The van der Waals surface area contributed by atoms with E-state index in [9.17, 15) is 4.79 Å². The van der Waals surface area contributed by atoms with Crippen LogP contribution in [0.2, 0.25) is 0 Å². The van der Waals surface area contributed by atoms with Gasteiger partial charge < -0.3 is 10.1 Å². The molecule has 0 bridgehead atoms. The monoisotopic (exact) mass is 363 g/mol. The van der Waals surface area contributed by atoms with Gasteiger partial charge in [0, 0.05) is 11.1 Å². The standard InChI is InChI=1S/C21H21N3O3/c1-2-26-18-11-9-15(10-12-18)21(25)22-20-19(23-27-24-20)17-8-7-14-5-3-4-6-16(14)13-17/h7-13H,2-6H2,1H3,(H,22,24,25). The van der Waals surface area contributed by atoms with E-state index in [0.717, 1.165) is 24.2 Å². The molecular formula is C21H21N3O3. The first-order valence-electron chi connectivity index (χ1n) is 9.23. The van der Waals surface area contributed by atoms with Crippen molar-refractivity contribution in [2.45, 2.75) is 32.6 Å². The molecule has 0 saturated heterocycles. The van der Waals surface area contributed by atoms with Gasteiger partial charge in [0.2, 0.25) is 5.82 Å². The summed E-state index contributed by atoms with van der Waals surface area (Å²) in [7, 11) is 0. The molecule has 1 N–H and O–H groups in total. The van der Waals surface area contributed by atoms with Crippen LogP contribution in [0.5, 0.6) is 5.75 Å². The average Bonchev–Trinajstić information content (AvgIpc) is 3.16. The zero-order valence-corrected chi connectivity index (χ0v) is 15.2. The van der Waals surface area contributed by atoms with Gasteiger partial charge in [-0.3, -0.25) is 4.79 Å². The van der Waals surface area contributed by atoms with E-state index < -0.39 is 0 Å². The number of benzene rings is 2. The number of hydrogen-bond acceptors (Lipinski definition) is 5. The zero-order valence-electron chi connectivity index (χ0n) is 15.2. The van der Waals surface area contributed by atoms with Crippen LogP contribution in [0.15, 0.2) is 47.1 Å². The summed E-state index contributed by atoms with van der Waals surface area (Å²) in [5.41, 5.74) is 4.69. The Morgan fingerprint density at radius 3 is 2.63 bits per heavy atom. The van der Waals surface area contributed by atoms with Crippen LogP contribution in [0.25, 0.3) is 11.3 Å². The Hall–Kier alpha value is -3.15. The lowest BCUT2D eigenvalue weighted by atomic mass is 9.90. The zero-order chi connectivity index (χ0) is 18.6. The van der Waals surface area contributed by atoms with Gasteiger partial charge in [0.05, 0.1) is 6.61 Å². The minimum atomic E-state index is -0.270. The third kappa shape index (κ3) is 3.69. The number of aryl methyl sites for hydroxylation is 2. The van der Waals surface area contributed by atoms with Crippen molar-refractivity contribution in [3.8, 4) is 17.0 Å². The van der Waals surface area contributed by atoms with Gasteiger partial charge in [-0.1, -0.05) is 12.1 Å². The van der Waals surface area contributed by atoms with Crippen LogP contribution < -0.4 is 10.1 Å². The maximum atomic E-state index is 12.5. The van der Waals surface area contributed by atoms with Crippen molar-refractivity contribution in [1.82, 2.24) is 10.3 Å². The lowest BCUT2D eigenvalue weighted by Crippen LogP contribution is -2.13. The Morgan fingerprint density at radius 2 is 1.85 bits per heavy atom. The molecule has 1 aliphatic rings. The Labute approximate surface area is 157 Å². The molecule has 1 amide bonds. The maximum absolute atomic E-state index is 12.5. The second kappa shape index (κ2) is 7.61. The lowest BCUT2D eigenvalue weighted by molar-refractivity contribution is 0.102. The van der Waals surface area contributed by atoms with E-state index in [2.05, 4.69) is 27.8 Å². The molecule has 0 fully saturated rings. The average molecular weight is 363 g/mol. The molecule has 138 valence electrons. The highest BCUT2D eigenvalue weighted by molar-refractivity contribution is 6.05. The fourth-order valence-corrected chi connectivity index (χ4v) is 3.39. The van der Waals surface area contributed by atoms with Gasteiger partial charge in [0.1, 0.15) is 5.75 Å². The highest BCUT2D eigenvalue weighted by Crippen LogP contribution is 2.30. The van der Waals surface area contributed by atoms with Crippen molar-refractivity contribution < 1.29 is 14.2 Å². The molecule has 0 aliphatic heterocycles. The van der Waals surface area contributed by atoms with Gasteiger partial charge in [0.15, 0.2) is 5.69 Å². The minimum absolute atomic E-state index is 0.270. The summed E-state index contributed by atoms with van der Waals surface area (Å²) in [6.07, 6.45) is 4.63. The molecule has 2 aromatic carbocycles. The number of fused-ring (bicyclic) bond motifs is 1. The van der Waals surface area contributed by atoms with E-state index >= 15 is 0 Å². The van der Waals surface area contributed by atoms with Gasteiger partial charge in [0.25, 0.3) is 5.91 Å². The topological polar surface area (TPSA) is 77.2 Å². The van der Waals surface area contributed by atoms with Crippen LogP contribution >= 0.6 is 0 Å². The first-order valence-corrected chi connectivity index (χ1v) is 9.23. The van der Waals surface area contributed by atoms with Gasteiger partial charge in [-0.25, -0.2) is 4.63 Å². The molecule has 1 heterocycles. The van der Waals surface area contributed by atoms with Crippen LogP contribution in [0.3, 0.4) is 0 Å². The number of carbonyl (C=O) groups excluding carboxylic acids is 1. The van der Waals surface area contributed by atoms with Crippen LogP contribution in [0, 0.1) is 0 Å². The molecule has 0 spiro atoms. The number of hydrogen-bond donors (Lipinski definition) is 1. The largest absolute Gasteiger partial charge is 0.494 e. The fourth-order valence-electron chi connectivity index (χ4n) is 3.39. The summed E-state index contributed by atoms with van der Waals surface area (Å²) in [6.45, 7) is 2.50. The van der Waals surface area contributed by atoms with Crippen molar-refractivity contribution in [2.24, 2.45) is 0 Å². The number of nitrogens with zero attached hydrogens (tertiary/aromatic N) is 2. The molecule has 0 radical (unpaired) electrons. The fraction of sp³-hybridized carbons (Fsp3) is 0.286. The highest BCUT2D eigenvalue weighted by Gasteiger charge is 2.18. The van der Waals surface area contributed by atoms with E-state index in [1.165, 1.54) is 24.0 Å². The quantitative estimate of drug-likeness (QED) is 0.733. The predicted octanol–water partition coefficient (Wildman–Crippen LogP) is 4.27. The third-order valence-electron chi connectivity index (χ3n) is 4.77. The van der Waals surface area contributed by atoms with E-state index in [1.54, 1.807) is 24.3 Å². The predicted molar refractivity (Wildman–Crippen MR) is 102 cm³/mol. The summed E-state index contributed by atoms with van der Waals surface area (Å²) in [6, 6.07) is 13.2. The minimum Gasteiger partial charge on any atom is -0.494 e. The molecular weight excluding hydrogens is 342 g/mol. The number of ether oxygens (including phenoxy) is 1. The molecule has 1 aliphatic carbocycles. The number of nitrogens with one attached hydrogen (secondary N) is 1. The Morgan fingerprint density at radius 1 is 1.07 bits per heavy atom. The summed E-state index contributed by atoms with van der Waals surface area (Å²) in [5.74, 6) is 0.782. The summed E-state index contributed by atoms with van der Waals surface area (Å²) in [5, 5.41) is 10.7. The summed E-state index contributed by atoms with van der Waals surface area (Å²) >= 11 is 0. The van der Waals surface area contributed by atoms with Crippen LogP contribution in [-0.2, 0) is 12.8 Å². The molecule has 6 heteroatoms. The smallest absolute Gasteiger partial charge is 0.256 e. The van der Waals surface area contributed by atoms with Crippen molar-refractivity contribution in [1.29, 1.82) is 0 Å². The Kier molecular flexibility index (Phi) is 4.87. The molecule has 0 unspecified atom stereocenters. The van der Waals surface area contributed by atoms with Crippen LogP contribution in [0.4, 0.5) is 5.82 Å². The third-order valence-corrected chi connectivity index (χ3v) is 4.77. The van der Waals surface area contributed by atoms with E-state index in [4.69, 9.17) is 9.37 Å². The maximum Gasteiger partial charge on any atom is 0.256 e. The molecule has 4 rings (SSSR count).